The number of hydrogen-bond acceptors (Lipinski definition) is 5. The van der Waals surface area contributed by atoms with Crippen LogP contribution in [0, 0.1) is 0 Å². The summed E-state index contributed by atoms with van der Waals surface area (Å²) < 4.78 is 12.3. The SMILES string of the molecule is CC1(C)OB(c2ccc(C(C3=C(O)CCC3=O)N3CCCC3)cc2)OC1(C)C. The van der Waals surface area contributed by atoms with Gasteiger partial charge in [0.25, 0.3) is 0 Å². The summed E-state index contributed by atoms with van der Waals surface area (Å²) in [7, 11) is -0.398. The van der Waals surface area contributed by atoms with Crippen molar-refractivity contribution in [2.75, 3.05) is 13.1 Å². The first kappa shape index (κ1) is 19.7. The van der Waals surface area contributed by atoms with E-state index in [9.17, 15) is 9.90 Å². The van der Waals surface area contributed by atoms with Gasteiger partial charge >= 0.3 is 7.12 Å². The van der Waals surface area contributed by atoms with E-state index in [1.54, 1.807) is 0 Å². The first-order valence-electron chi connectivity index (χ1n) is 10.3. The second-order valence-electron chi connectivity index (χ2n) is 9.18. The molecule has 1 atom stereocenters. The van der Waals surface area contributed by atoms with Crippen LogP contribution in [-0.4, -0.2) is 47.2 Å². The zero-order valence-electron chi connectivity index (χ0n) is 17.3. The van der Waals surface area contributed by atoms with E-state index in [4.69, 9.17) is 9.31 Å². The van der Waals surface area contributed by atoms with Gasteiger partial charge in [-0.3, -0.25) is 9.69 Å². The molecule has 0 bridgehead atoms. The fourth-order valence-electron chi connectivity index (χ4n) is 4.35. The lowest BCUT2D eigenvalue weighted by Crippen LogP contribution is -2.41. The zero-order valence-corrected chi connectivity index (χ0v) is 17.3. The van der Waals surface area contributed by atoms with Crippen molar-refractivity contribution in [3.8, 4) is 0 Å². The molecule has 3 aliphatic rings. The van der Waals surface area contributed by atoms with Gasteiger partial charge in [-0.05, 0) is 64.7 Å². The summed E-state index contributed by atoms with van der Waals surface area (Å²) in [5.41, 5.74) is 1.85. The second-order valence-corrected chi connectivity index (χ2v) is 9.18. The van der Waals surface area contributed by atoms with Gasteiger partial charge in [-0.15, -0.1) is 0 Å². The molecule has 0 amide bonds. The molecule has 0 spiro atoms. The van der Waals surface area contributed by atoms with Gasteiger partial charge in [0.1, 0.15) is 5.76 Å². The minimum atomic E-state index is -0.398. The number of ketones is 1. The highest BCUT2D eigenvalue weighted by atomic mass is 16.7. The van der Waals surface area contributed by atoms with Crippen LogP contribution in [0.1, 0.15) is 65.0 Å². The molecule has 2 heterocycles. The van der Waals surface area contributed by atoms with Crippen LogP contribution in [0.2, 0.25) is 0 Å². The summed E-state index contributed by atoms with van der Waals surface area (Å²) in [5, 5.41) is 10.4. The Hall–Kier alpha value is -1.63. The molecule has 5 nitrogen and oxygen atoms in total. The summed E-state index contributed by atoms with van der Waals surface area (Å²) in [5.74, 6) is 0.335. The van der Waals surface area contributed by atoms with E-state index in [2.05, 4.69) is 17.0 Å². The van der Waals surface area contributed by atoms with Crippen LogP contribution in [0.5, 0.6) is 0 Å². The largest absolute Gasteiger partial charge is 0.512 e. The van der Waals surface area contributed by atoms with E-state index < -0.39 is 7.12 Å². The van der Waals surface area contributed by atoms with Gasteiger partial charge in [0.2, 0.25) is 0 Å². The molecule has 28 heavy (non-hydrogen) atoms. The summed E-state index contributed by atoms with van der Waals surface area (Å²) >= 11 is 0. The van der Waals surface area contributed by atoms with E-state index in [1.165, 1.54) is 0 Å². The monoisotopic (exact) mass is 383 g/mol. The van der Waals surface area contributed by atoms with Crippen molar-refractivity contribution in [1.82, 2.24) is 4.90 Å². The number of hydrogen-bond donors (Lipinski definition) is 1. The third-order valence-corrected chi connectivity index (χ3v) is 6.76. The van der Waals surface area contributed by atoms with Gasteiger partial charge in [-0.25, -0.2) is 0 Å². The fraction of sp³-hybridized carbons (Fsp3) is 0.591. The molecule has 6 heteroatoms. The molecule has 1 aromatic carbocycles. The molecule has 1 aliphatic carbocycles. The molecular weight excluding hydrogens is 353 g/mol. The van der Waals surface area contributed by atoms with Crippen molar-refractivity contribution < 1.29 is 19.2 Å². The maximum absolute atomic E-state index is 12.5. The Bertz CT molecular complexity index is 777. The van der Waals surface area contributed by atoms with Gasteiger partial charge in [0.15, 0.2) is 5.78 Å². The van der Waals surface area contributed by atoms with Crippen molar-refractivity contribution in [1.29, 1.82) is 0 Å². The number of nitrogens with zero attached hydrogens (tertiary/aromatic N) is 1. The van der Waals surface area contributed by atoms with Crippen LogP contribution in [0.15, 0.2) is 35.6 Å². The second kappa shape index (κ2) is 7.01. The lowest BCUT2D eigenvalue weighted by Gasteiger charge is -2.32. The highest BCUT2D eigenvalue weighted by molar-refractivity contribution is 6.62. The Morgan fingerprint density at radius 3 is 2.07 bits per heavy atom. The van der Waals surface area contributed by atoms with Crippen molar-refractivity contribution in [3.05, 3.63) is 41.2 Å². The highest BCUT2D eigenvalue weighted by Gasteiger charge is 2.51. The molecule has 2 saturated heterocycles. The Labute approximate surface area is 167 Å². The van der Waals surface area contributed by atoms with Crippen molar-refractivity contribution in [2.45, 2.75) is 70.6 Å². The summed E-state index contributed by atoms with van der Waals surface area (Å²) in [6, 6.07) is 7.99. The van der Waals surface area contributed by atoms with Gasteiger partial charge in [0.05, 0.1) is 22.8 Å². The molecule has 2 aliphatic heterocycles. The van der Waals surface area contributed by atoms with Crippen LogP contribution < -0.4 is 5.46 Å². The molecule has 0 radical (unpaired) electrons. The molecule has 1 aromatic rings. The van der Waals surface area contributed by atoms with Gasteiger partial charge in [-0.2, -0.15) is 0 Å². The van der Waals surface area contributed by atoms with E-state index in [0.29, 0.717) is 18.4 Å². The standard InChI is InChI=1S/C22H30BNO4/c1-21(2)22(3,4)28-23(27-21)16-9-7-15(8-10-16)20(24-13-5-6-14-24)19-17(25)11-12-18(19)26/h7-10,20,25H,5-6,11-14H2,1-4H3. The molecule has 0 saturated carbocycles. The summed E-state index contributed by atoms with van der Waals surface area (Å²) in [6.07, 6.45) is 3.14. The molecule has 150 valence electrons. The first-order valence-corrected chi connectivity index (χ1v) is 10.3. The molecule has 4 rings (SSSR count). The van der Waals surface area contributed by atoms with Gasteiger partial charge in [0, 0.05) is 12.8 Å². The van der Waals surface area contributed by atoms with Crippen molar-refractivity contribution in [3.63, 3.8) is 0 Å². The Morgan fingerprint density at radius 1 is 1.00 bits per heavy atom. The van der Waals surface area contributed by atoms with E-state index in [0.717, 1.165) is 37.0 Å². The molecule has 1 unspecified atom stereocenters. The quantitative estimate of drug-likeness (QED) is 0.809. The van der Waals surface area contributed by atoms with E-state index in [-0.39, 0.29) is 28.8 Å². The number of aliphatic hydroxyl groups excluding tert-OH is 1. The predicted molar refractivity (Wildman–Crippen MR) is 110 cm³/mol. The van der Waals surface area contributed by atoms with Gasteiger partial charge in [-0.1, -0.05) is 24.3 Å². The number of Topliss-reactive ketones (excluding diaryl/α,β-unsaturated/α-hetero) is 1. The zero-order chi connectivity index (χ0) is 20.1. The number of aliphatic hydroxyl groups is 1. The fourth-order valence-corrected chi connectivity index (χ4v) is 4.35. The number of likely N-dealkylation sites (tertiary alicyclic amines) is 1. The predicted octanol–water partition coefficient (Wildman–Crippen LogP) is 3.30. The molecule has 1 N–H and O–H groups in total. The molecular formula is C22H30BNO4. The number of carbonyl (C=O) groups is 1. The average molecular weight is 383 g/mol. The normalized spacial score (nSPS) is 25.7. The summed E-state index contributed by atoms with van der Waals surface area (Å²) in [6.45, 7) is 10.1. The third kappa shape index (κ3) is 3.32. The van der Waals surface area contributed by atoms with Crippen LogP contribution in [-0.2, 0) is 14.1 Å². The van der Waals surface area contributed by atoms with E-state index in [1.807, 2.05) is 39.8 Å². The number of allylic oxidation sites excluding steroid dienone is 1. The Balaban J connectivity index is 1.62. The van der Waals surface area contributed by atoms with Gasteiger partial charge < -0.3 is 14.4 Å². The third-order valence-electron chi connectivity index (χ3n) is 6.76. The number of rotatable bonds is 4. The average Bonchev–Trinajstić information content (AvgIpc) is 3.32. The van der Waals surface area contributed by atoms with E-state index >= 15 is 0 Å². The lowest BCUT2D eigenvalue weighted by atomic mass is 9.78. The van der Waals surface area contributed by atoms with Crippen LogP contribution in [0.3, 0.4) is 0 Å². The van der Waals surface area contributed by atoms with Crippen LogP contribution >= 0.6 is 0 Å². The lowest BCUT2D eigenvalue weighted by molar-refractivity contribution is -0.115. The maximum atomic E-state index is 12.5. The Kier molecular flexibility index (Phi) is 4.93. The number of carbonyl (C=O) groups excluding carboxylic acids is 1. The summed E-state index contributed by atoms with van der Waals surface area (Å²) in [4.78, 5) is 14.8. The molecule has 2 fully saturated rings. The minimum absolute atomic E-state index is 0.0736. The Morgan fingerprint density at radius 2 is 1.57 bits per heavy atom. The highest BCUT2D eigenvalue weighted by Crippen LogP contribution is 2.39. The van der Waals surface area contributed by atoms with Crippen molar-refractivity contribution >= 4 is 18.4 Å². The maximum Gasteiger partial charge on any atom is 0.494 e. The van der Waals surface area contributed by atoms with Crippen LogP contribution in [0.25, 0.3) is 0 Å². The number of benzene rings is 1. The smallest absolute Gasteiger partial charge is 0.494 e. The molecule has 0 aromatic heterocycles. The minimum Gasteiger partial charge on any atom is -0.512 e. The topological polar surface area (TPSA) is 59.0 Å². The first-order chi connectivity index (χ1) is 13.2. The van der Waals surface area contributed by atoms with Crippen molar-refractivity contribution in [2.24, 2.45) is 0 Å². The van der Waals surface area contributed by atoms with Crippen LogP contribution in [0.4, 0.5) is 0 Å².